The van der Waals surface area contributed by atoms with Crippen molar-refractivity contribution in [3.8, 4) is 16.9 Å². The van der Waals surface area contributed by atoms with Crippen LogP contribution in [0.5, 0.6) is 0 Å². The SMILES string of the molecule is NCc1cc(-c2cnn(-c3ccc(Cl)cc3)n2)ccc1Cl. The van der Waals surface area contributed by atoms with E-state index in [0.717, 1.165) is 22.5 Å². The maximum Gasteiger partial charge on any atom is 0.113 e. The summed E-state index contributed by atoms with van der Waals surface area (Å²) in [5, 5.41) is 10.1. The highest BCUT2D eigenvalue weighted by atomic mass is 35.5. The van der Waals surface area contributed by atoms with Gasteiger partial charge in [-0.25, -0.2) is 0 Å². The van der Waals surface area contributed by atoms with Crippen molar-refractivity contribution in [1.82, 2.24) is 15.0 Å². The number of nitrogens with two attached hydrogens (primary N) is 1. The molecule has 0 atom stereocenters. The number of aromatic nitrogens is 3. The van der Waals surface area contributed by atoms with Gasteiger partial charge < -0.3 is 5.73 Å². The lowest BCUT2D eigenvalue weighted by atomic mass is 10.1. The molecule has 4 nitrogen and oxygen atoms in total. The van der Waals surface area contributed by atoms with Crippen molar-refractivity contribution in [2.24, 2.45) is 5.73 Å². The first kappa shape index (κ1) is 14.1. The zero-order valence-corrected chi connectivity index (χ0v) is 12.5. The normalized spacial score (nSPS) is 10.8. The van der Waals surface area contributed by atoms with Crippen molar-refractivity contribution in [3.63, 3.8) is 0 Å². The molecule has 0 aliphatic carbocycles. The van der Waals surface area contributed by atoms with E-state index < -0.39 is 0 Å². The van der Waals surface area contributed by atoms with Gasteiger partial charge in [0.05, 0.1) is 11.9 Å². The number of benzene rings is 2. The molecular weight excluding hydrogens is 307 g/mol. The fourth-order valence-electron chi connectivity index (χ4n) is 1.98. The molecule has 1 heterocycles. The van der Waals surface area contributed by atoms with Crippen LogP contribution in [0, 0.1) is 0 Å². The second-order valence-electron chi connectivity index (χ2n) is 4.51. The van der Waals surface area contributed by atoms with Crippen molar-refractivity contribution in [2.45, 2.75) is 6.54 Å². The zero-order chi connectivity index (χ0) is 14.8. The van der Waals surface area contributed by atoms with Crippen molar-refractivity contribution in [3.05, 3.63) is 64.3 Å². The predicted octanol–water partition coefficient (Wildman–Crippen LogP) is 3.70. The highest BCUT2D eigenvalue weighted by Gasteiger charge is 2.08. The molecule has 0 radical (unpaired) electrons. The Balaban J connectivity index is 1.96. The molecule has 106 valence electrons. The van der Waals surface area contributed by atoms with Crippen LogP contribution in [0.1, 0.15) is 5.56 Å². The van der Waals surface area contributed by atoms with Crippen LogP contribution in [0.25, 0.3) is 16.9 Å². The third kappa shape index (κ3) is 2.93. The van der Waals surface area contributed by atoms with E-state index in [9.17, 15) is 0 Å². The largest absolute Gasteiger partial charge is 0.326 e. The Morgan fingerprint density at radius 2 is 1.81 bits per heavy atom. The first-order valence-corrected chi connectivity index (χ1v) is 7.10. The van der Waals surface area contributed by atoms with E-state index in [1.807, 2.05) is 30.3 Å². The van der Waals surface area contributed by atoms with Crippen LogP contribution in [0.3, 0.4) is 0 Å². The van der Waals surface area contributed by atoms with Gasteiger partial charge in [0.2, 0.25) is 0 Å². The van der Waals surface area contributed by atoms with Gasteiger partial charge in [0, 0.05) is 22.2 Å². The van der Waals surface area contributed by atoms with E-state index in [1.165, 1.54) is 0 Å². The van der Waals surface area contributed by atoms with E-state index in [0.29, 0.717) is 16.6 Å². The molecule has 0 unspecified atom stereocenters. The molecule has 6 heteroatoms. The monoisotopic (exact) mass is 318 g/mol. The standard InChI is InChI=1S/C15H12Cl2N4/c16-12-2-4-13(5-3-12)21-19-9-15(20-21)10-1-6-14(17)11(7-10)8-18/h1-7,9H,8,18H2. The predicted molar refractivity (Wildman–Crippen MR) is 84.7 cm³/mol. The van der Waals surface area contributed by atoms with E-state index in [4.69, 9.17) is 28.9 Å². The molecule has 2 N–H and O–H groups in total. The molecule has 0 fully saturated rings. The Labute approximate surface area is 132 Å². The van der Waals surface area contributed by atoms with Crippen LogP contribution in [0.15, 0.2) is 48.7 Å². The maximum atomic E-state index is 6.07. The Morgan fingerprint density at radius 3 is 2.52 bits per heavy atom. The molecule has 0 amide bonds. The molecular formula is C15H12Cl2N4. The van der Waals surface area contributed by atoms with Crippen LogP contribution in [-0.4, -0.2) is 15.0 Å². The molecule has 21 heavy (non-hydrogen) atoms. The third-order valence-electron chi connectivity index (χ3n) is 3.11. The number of halogens is 2. The van der Waals surface area contributed by atoms with Crippen LogP contribution >= 0.6 is 23.2 Å². The fraction of sp³-hybridized carbons (Fsp3) is 0.0667. The van der Waals surface area contributed by atoms with Crippen LogP contribution in [0.2, 0.25) is 10.0 Å². The Morgan fingerprint density at radius 1 is 1.05 bits per heavy atom. The summed E-state index contributed by atoms with van der Waals surface area (Å²) in [6.07, 6.45) is 1.71. The molecule has 3 aromatic rings. The van der Waals surface area contributed by atoms with Gasteiger partial charge in [-0.3, -0.25) is 0 Å². The van der Waals surface area contributed by atoms with Crippen molar-refractivity contribution in [1.29, 1.82) is 0 Å². The average Bonchev–Trinajstić information content (AvgIpc) is 2.98. The smallest absolute Gasteiger partial charge is 0.113 e. The molecule has 0 saturated heterocycles. The number of rotatable bonds is 3. The lowest BCUT2D eigenvalue weighted by molar-refractivity contribution is 0.754. The number of hydrogen-bond donors (Lipinski definition) is 1. The lowest BCUT2D eigenvalue weighted by Crippen LogP contribution is -1.99. The summed E-state index contributed by atoms with van der Waals surface area (Å²) in [7, 11) is 0. The third-order valence-corrected chi connectivity index (χ3v) is 3.73. The summed E-state index contributed by atoms with van der Waals surface area (Å²) < 4.78 is 0. The second kappa shape index (κ2) is 5.85. The quantitative estimate of drug-likeness (QED) is 0.801. The minimum absolute atomic E-state index is 0.387. The van der Waals surface area contributed by atoms with Gasteiger partial charge in [-0.05, 0) is 42.0 Å². The van der Waals surface area contributed by atoms with Gasteiger partial charge in [0.25, 0.3) is 0 Å². The fourth-order valence-corrected chi connectivity index (χ4v) is 2.31. The number of nitrogens with zero attached hydrogens (tertiary/aromatic N) is 3. The molecule has 0 saturated carbocycles. The highest BCUT2D eigenvalue weighted by molar-refractivity contribution is 6.31. The van der Waals surface area contributed by atoms with E-state index >= 15 is 0 Å². The molecule has 3 rings (SSSR count). The Bertz CT molecular complexity index is 766. The van der Waals surface area contributed by atoms with Crippen LogP contribution < -0.4 is 5.73 Å². The van der Waals surface area contributed by atoms with Gasteiger partial charge in [-0.15, -0.1) is 5.10 Å². The summed E-state index contributed by atoms with van der Waals surface area (Å²) >= 11 is 11.9. The van der Waals surface area contributed by atoms with Crippen molar-refractivity contribution < 1.29 is 0 Å². The van der Waals surface area contributed by atoms with E-state index in [-0.39, 0.29) is 0 Å². The first-order valence-electron chi connectivity index (χ1n) is 6.34. The maximum absolute atomic E-state index is 6.07. The molecule has 1 aromatic heterocycles. The molecule has 2 aromatic carbocycles. The van der Waals surface area contributed by atoms with Gasteiger partial charge in [-0.1, -0.05) is 29.3 Å². The molecule has 0 aliphatic rings. The zero-order valence-electron chi connectivity index (χ0n) is 11.0. The summed E-state index contributed by atoms with van der Waals surface area (Å²) in [6.45, 7) is 0.387. The minimum atomic E-state index is 0.387. The Kier molecular flexibility index (Phi) is 3.92. The summed E-state index contributed by atoms with van der Waals surface area (Å²) in [4.78, 5) is 1.56. The Hall–Kier alpha value is -1.88. The molecule has 0 bridgehead atoms. The van der Waals surface area contributed by atoms with Gasteiger partial charge in [-0.2, -0.15) is 9.90 Å². The van der Waals surface area contributed by atoms with E-state index in [2.05, 4.69) is 10.2 Å². The second-order valence-corrected chi connectivity index (χ2v) is 5.35. The summed E-state index contributed by atoms with van der Waals surface area (Å²) in [5.41, 5.74) is 9.09. The molecule has 0 aliphatic heterocycles. The van der Waals surface area contributed by atoms with Gasteiger partial charge >= 0.3 is 0 Å². The topological polar surface area (TPSA) is 56.7 Å². The summed E-state index contributed by atoms with van der Waals surface area (Å²) in [5.74, 6) is 0. The van der Waals surface area contributed by atoms with Crippen molar-refractivity contribution in [2.75, 3.05) is 0 Å². The van der Waals surface area contributed by atoms with Crippen molar-refractivity contribution >= 4 is 23.2 Å². The van der Waals surface area contributed by atoms with Gasteiger partial charge in [0.1, 0.15) is 5.69 Å². The first-order chi connectivity index (χ1) is 10.2. The minimum Gasteiger partial charge on any atom is -0.326 e. The van der Waals surface area contributed by atoms with Crippen LogP contribution in [-0.2, 0) is 6.54 Å². The summed E-state index contributed by atoms with van der Waals surface area (Å²) in [6, 6.07) is 13.0. The number of hydrogen-bond acceptors (Lipinski definition) is 3. The lowest BCUT2D eigenvalue weighted by Gasteiger charge is -2.03. The molecule has 0 spiro atoms. The highest BCUT2D eigenvalue weighted by Crippen LogP contribution is 2.24. The average molecular weight is 319 g/mol. The van der Waals surface area contributed by atoms with E-state index in [1.54, 1.807) is 23.1 Å². The van der Waals surface area contributed by atoms with Crippen LogP contribution in [0.4, 0.5) is 0 Å². The van der Waals surface area contributed by atoms with Gasteiger partial charge in [0.15, 0.2) is 0 Å².